The summed E-state index contributed by atoms with van der Waals surface area (Å²) < 4.78 is 28.1. The highest BCUT2D eigenvalue weighted by atomic mass is 32.2. The van der Waals surface area contributed by atoms with Crippen molar-refractivity contribution in [2.75, 3.05) is 33.2 Å². The van der Waals surface area contributed by atoms with E-state index in [9.17, 15) is 13.2 Å². The molecule has 2 heterocycles. The second kappa shape index (κ2) is 8.18. The van der Waals surface area contributed by atoms with Crippen molar-refractivity contribution in [3.8, 4) is 0 Å². The van der Waals surface area contributed by atoms with Gasteiger partial charge in [0, 0.05) is 32.1 Å². The van der Waals surface area contributed by atoms with Crippen LogP contribution < -0.4 is 10.6 Å². The third-order valence-corrected chi connectivity index (χ3v) is 6.18. The summed E-state index contributed by atoms with van der Waals surface area (Å²) in [5.41, 5.74) is 0.629. The van der Waals surface area contributed by atoms with E-state index in [1.165, 1.54) is 0 Å². The van der Waals surface area contributed by atoms with Crippen molar-refractivity contribution in [1.82, 2.24) is 15.5 Å². The highest BCUT2D eigenvalue weighted by molar-refractivity contribution is 7.90. The Kier molecular flexibility index (Phi) is 5.93. The van der Waals surface area contributed by atoms with Crippen LogP contribution in [-0.2, 0) is 14.8 Å². The van der Waals surface area contributed by atoms with Gasteiger partial charge in [0.15, 0.2) is 0 Å². The molecule has 2 N–H and O–H groups in total. The summed E-state index contributed by atoms with van der Waals surface area (Å²) >= 11 is 0. The van der Waals surface area contributed by atoms with Gasteiger partial charge in [-0.25, -0.2) is 0 Å². The number of carbonyl (C=O) groups is 1. The Bertz CT molecular complexity index is 785. The number of fused-ring (bicyclic) bond motifs is 1. The number of sulfonamides is 1. The molecule has 0 aromatic heterocycles. The number of rotatable bonds is 6. The second-order valence-electron chi connectivity index (χ2n) is 6.93. The highest BCUT2D eigenvalue weighted by Crippen LogP contribution is 2.26. The number of nitrogens with one attached hydrogen (secondary N) is 2. The summed E-state index contributed by atoms with van der Waals surface area (Å²) in [5.74, 6) is 1.02. The molecular weight excluding hydrogens is 352 g/mol. The molecule has 3 rings (SSSR count). The predicted octanol–water partition coefficient (Wildman–Crippen LogP) is 0.963. The molecule has 0 saturated carbocycles. The van der Waals surface area contributed by atoms with Crippen molar-refractivity contribution in [2.24, 2.45) is 10.3 Å². The summed E-state index contributed by atoms with van der Waals surface area (Å²) in [6.45, 7) is 3.33. The molecular formula is C18H26N4O3S. The lowest BCUT2D eigenvalue weighted by atomic mass is 10.00. The lowest BCUT2D eigenvalue weighted by molar-refractivity contribution is -0.121. The summed E-state index contributed by atoms with van der Waals surface area (Å²) in [7, 11) is -1.79. The number of piperidine rings is 1. The molecule has 1 aromatic rings. The Morgan fingerprint density at radius 3 is 2.96 bits per heavy atom. The van der Waals surface area contributed by atoms with Gasteiger partial charge in [0.05, 0.1) is 0 Å². The van der Waals surface area contributed by atoms with E-state index in [4.69, 9.17) is 0 Å². The molecule has 1 aromatic carbocycles. The Balaban J connectivity index is 1.46. The van der Waals surface area contributed by atoms with Gasteiger partial charge in [0.25, 0.3) is 10.0 Å². The molecule has 0 bridgehead atoms. The van der Waals surface area contributed by atoms with Crippen LogP contribution in [0.4, 0.5) is 0 Å². The number of carbonyl (C=O) groups excluding carboxylic acids is 1. The van der Waals surface area contributed by atoms with Gasteiger partial charge in [0.1, 0.15) is 10.7 Å². The Morgan fingerprint density at radius 1 is 1.38 bits per heavy atom. The molecule has 1 unspecified atom stereocenters. The minimum absolute atomic E-state index is 0.0466. The van der Waals surface area contributed by atoms with E-state index < -0.39 is 10.0 Å². The largest absolute Gasteiger partial charge is 0.358 e. The summed E-state index contributed by atoms with van der Waals surface area (Å²) in [6.07, 6.45) is 3.39. The van der Waals surface area contributed by atoms with Gasteiger partial charge >= 0.3 is 0 Å². The van der Waals surface area contributed by atoms with E-state index in [1.54, 1.807) is 24.3 Å². The molecule has 7 nitrogen and oxygen atoms in total. The first kappa shape index (κ1) is 18.8. The van der Waals surface area contributed by atoms with Crippen LogP contribution in [0.3, 0.4) is 0 Å². The summed E-state index contributed by atoms with van der Waals surface area (Å²) in [5, 5.41) is 6.34. The first-order chi connectivity index (χ1) is 12.5. The number of nitrogens with zero attached hydrogens (tertiary/aromatic N) is 2. The first-order valence-electron chi connectivity index (χ1n) is 9.10. The Labute approximate surface area is 154 Å². The monoisotopic (exact) mass is 378 g/mol. The standard InChI is InChI=1S/C18H26N4O3S/c1-22(18-15-7-2-3-8-16(15)26(24,25)21-18)11-5-9-17(23)20-13-14-6-4-10-19-12-14/h2-3,7-8,14,19H,4-6,9-13H2,1H3,(H,20,23). The first-order valence-corrected chi connectivity index (χ1v) is 10.5. The number of amidine groups is 1. The second-order valence-corrected chi connectivity index (χ2v) is 8.50. The maximum atomic E-state index is 12.1. The molecule has 0 spiro atoms. The molecule has 0 radical (unpaired) electrons. The van der Waals surface area contributed by atoms with E-state index in [0.29, 0.717) is 36.7 Å². The van der Waals surface area contributed by atoms with Crippen LogP contribution in [-0.4, -0.2) is 58.3 Å². The quantitative estimate of drug-likeness (QED) is 0.770. The van der Waals surface area contributed by atoms with Crippen molar-refractivity contribution in [1.29, 1.82) is 0 Å². The average Bonchev–Trinajstić information content (AvgIpc) is 2.92. The molecule has 8 heteroatoms. The van der Waals surface area contributed by atoms with Crippen molar-refractivity contribution >= 4 is 21.8 Å². The molecule has 2 aliphatic heterocycles. The van der Waals surface area contributed by atoms with E-state index in [0.717, 1.165) is 32.5 Å². The predicted molar refractivity (Wildman–Crippen MR) is 101 cm³/mol. The smallest absolute Gasteiger partial charge is 0.285 e. The number of amides is 1. The molecule has 142 valence electrons. The molecule has 1 atom stereocenters. The fourth-order valence-corrected chi connectivity index (χ4v) is 4.64. The van der Waals surface area contributed by atoms with E-state index in [2.05, 4.69) is 15.0 Å². The lowest BCUT2D eigenvalue weighted by Gasteiger charge is -2.23. The van der Waals surface area contributed by atoms with Crippen LogP contribution in [0.2, 0.25) is 0 Å². The minimum atomic E-state index is -3.60. The van der Waals surface area contributed by atoms with Crippen LogP contribution >= 0.6 is 0 Å². The zero-order chi connectivity index (χ0) is 18.6. The van der Waals surface area contributed by atoms with Gasteiger partial charge in [-0.3, -0.25) is 4.79 Å². The van der Waals surface area contributed by atoms with E-state index in [-0.39, 0.29) is 10.8 Å². The maximum absolute atomic E-state index is 12.1. The normalized spacial score (nSPS) is 21.0. The molecule has 1 fully saturated rings. The van der Waals surface area contributed by atoms with Crippen molar-refractivity contribution in [3.63, 3.8) is 0 Å². The Morgan fingerprint density at radius 2 is 2.19 bits per heavy atom. The average molecular weight is 378 g/mol. The van der Waals surface area contributed by atoms with Crippen LogP contribution in [0.1, 0.15) is 31.2 Å². The third-order valence-electron chi connectivity index (χ3n) is 4.86. The van der Waals surface area contributed by atoms with E-state index >= 15 is 0 Å². The van der Waals surface area contributed by atoms with Gasteiger partial charge in [-0.2, -0.15) is 8.42 Å². The van der Waals surface area contributed by atoms with Gasteiger partial charge in [-0.1, -0.05) is 12.1 Å². The van der Waals surface area contributed by atoms with Crippen LogP contribution in [0.5, 0.6) is 0 Å². The fourth-order valence-electron chi connectivity index (χ4n) is 3.39. The topological polar surface area (TPSA) is 90.9 Å². The third kappa shape index (κ3) is 4.42. The van der Waals surface area contributed by atoms with Crippen molar-refractivity contribution < 1.29 is 13.2 Å². The van der Waals surface area contributed by atoms with E-state index in [1.807, 2.05) is 11.9 Å². The fraction of sp³-hybridized carbons (Fsp3) is 0.556. The zero-order valence-corrected chi connectivity index (χ0v) is 15.9. The summed E-state index contributed by atoms with van der Waals surface area (Å²) in [6, 6.07) is 6.83. The lowest BCUT2D eigenvalue weighted by Crippen LogP contribution is -2.38. The van der Waals surface area contributed by atoms with Crippen molar-refractivity contribution in [3.05, 3.63) is 29.8 Å². The molecule has 1 amide bonds. The van der Waals surface area contributed by atoms with Crippen LogP contribution in [0, 0.1) is 5.92 Å². The maximum Gasteiger partial charge on any atom is 0.285 e. The summed E-state index contributed by atoms with van der Waals surface area (Å²) in [4.78, 5) is 14.1. The van der Waals surface area contributed by atoms with Crippen LogP contribution in [0.15, 0.2) is 33.6 Å². The van der Waals surface area contributed by atoms with Crippen molar-refractivity contribution in [2.45, 2.75) is 30.6 Å². The molecule has 26 heavy (non-hydrogen) atoms. The number of hydrogen-bond acceptors (Lipinski definition) is 5. The highest BCUT2D eigenvalue weighted by Gasteiger charge is 2.30. The molecule has 2 aliphatic rings. The minimum Gasteiger partial charge on any atom is -0.358 e. The number of hydrogen-bond donors (Lipinski definition) is 2. The molecule has 1 saturated heterocycles. The van der Waals surface area contributed by atoms with Gasteiger partial charge in [0.2, 0.25) is 5.91 Å². The van der Waals surface area contributed by atoms with Gasteiger partial charge in [-0.15, -0.1) is 4.40 Å². The van der Waals surface area contributed by atoms with Gasteiger partial charge in [-0.05, 0) is 50.4 Å². The SMILES string of the molecule is CN(CCCC(=O)NCC1CCCNC1)C1=NS(=O)(=O)c2ccccc21. The van der Waals surface area contributed by atoms with Gasteiger partial charge < -0.3 is 15.5 Å². The zero-order valence-electron chi connectivity index (χ0n) is 15.1. The van der Waals surface area contributed by atoms with Crippen LogP contribution in [0.25, 0.3) is 0 Å². The Hall–Kier alpha value is -1.93. The number of benzene rings is 1. The molecule has 0 aliphatic carbocycles.